The van der Waals surface area contributed by atoms with E-state index in [2.05, 4.69) is 32.9 Å². The average molecular weight is 268 g/mol. The maximum absolute atomic E-state index is 11.0. The summed E-state index contributed by atoms with van der Waals surface area (Å²) >= 11 is 1.80. The van der Waals surface area contributed by atoms with E-state index in [-0.39, 0.29) is 5.60 Å². The maximum Gasteiger partial charge on any atom is 0.101 e. The number of rotatable bonds is 3. The zero-order chi connectivity index (χ0) is 13.6. The summed E-state index contributed by atoms with van der Waals surface area (Å²) in [6.07, 6.45) is 2.44. The van der Waals surface area contributed by atoms with E-state index in [0.717, 1.165) is 6.42 Å². The molecule has 0 aliphatic carbocycles. The summed E-state index contributed by atoms with van der Waals surface area (Å²) in [6.45, 7) is 10.3. The van der Waals surface area contributed by atoms with E-state index in [1.54, 1.807) is 11.3 Å². The van der Waals surface area contributed by atoms with Crippen molar-refractivity contribution in [1.29, 1.82) is 0 Å². The summed E-state index contributed by atoms with van der Waals surface area (Å²) in [5.41, 5.74) is -1.51. The van der Waals surface area contributed by atoms with Crippen molar-refractivity contribution in [1.82, 2.24) is 0 Å². The van der Waals surface area contributed by atoms with Gasteiger partial charge in [-0.3, -0.25) is 0 Å². The van der Waals surface area contributed by atoms with Gasteiger partial charge in [-0.1, -0.05) is 6.92 Å². The second-order valence-electron chi connectivity index (χ2n) is 6.48. The van der Waals surface area contributed by atoms with E-state index in [0.29, 0.717) is 12.8 Å². The van der Waals surface area contributed by atoms with Crippen LogP contribution in [0.1, 0.15) is 50.8 Å². The van der Waals surface area contributed by atoms with Gasteiger partial charge in [-0.25, -0.2) is 0 Å². The molecular formula is C15H24O2S. The Labute approximate surface area is 114 Å². The van der Waals surface area contributed by atoms with E-state index in [9.17, 15) is 5.11 Å². The lowest BCUT2D eigenvalue weighted by Gasteiger charge is -2.34. The van der Waals surface area contributed by atoms with E-state index in [1.807, 2.05) is 13.8 Å². The molecule has 1 atom stereocenters. The molecule has 102 valence electrons. The van der Waals surface area contributed by atoms with Crippen LogP contribution in [0.2, 0.25) is 0 Å². The highest BCUT2D eigenvalue weighted by atomic mass is 32.1. The SMILES string of the molecule is CCc1ccc(CC2(O)CC(C)(C)OC2(C)C)s1. The molecule has 2 nitrogen and oxygen atoms in total. The normalized spacial score (nSPS) is 29.7. The zero-order valence-electron chi connectivity index (χ0n) is 12.0. The molecule has 0 radical (unpaired) electrons. The number of hydrogen-bond acceptors (Lipinski definition) is 3. The van der Waals surface area contributed by atoms with E-state index in [4.69, 9.17) is 4.74 Å². The van der Waals surface area contributed by atoms with Crippen molar-refractivity contribution in [3.8, 4) is 0 Å². The van der Waals surface area contributed by atoms with Gasteiger partial charge in [0.25, 0.3) is 0 Å². The third-order valence-corrected chi connectivity index (χ3v) is 5.13. The molecule has 1 aliphatic heterocycles. The summed E-state index contributed by atoms with van der Waals surface area (Å²) in [5, 5.41) is 11.0. The molecule has 1 aromatic heterocycles. The lowest BCUT2D eigenvalue weighted by Crippen LogP contribution is -2.47. The van der Waals surface area contributed by atoms with Crippen molar-refractivity contribution < 1.29 is 9.84 Å². The second kappa shape index (κ2) is 4.32. The Balaban J connectivity index is 2.21. The lowest BCUT2D eigenvalue weighted by molar-refractivity contribution is -0.125. The molecule has 0 spiro atoms. The minimum atomic E-state index is -0.771. The number of ether oxygens (including phenoxy) is 1. The largest absolute Gasteiger partial charge is 0.386 e. The van der Waals surface area contributed by atoms with Crippen molar-refractivity contribution in [3.05, 3.63) is 21.9 Å². The predicted molar refractivity (Wildman–Crippen MR) is 76.2 cm³/mol. The van der Waals surface area contributed by atoms with Crippen LogP contribution in [-0.4, -0.2) is 21.9 Å². The van der Waals surface area contributed by atoms with E-state index in [1.165, 1.54) is 9.75 Å². The van der Waals surface area contributed by atoms with Crippen LogP contribution in [0.4, 0.5) is 0 Å². The fourth-order valence-electron chi connectivity index (χ4n) is 3.01. The first kappa shape index (κ1) is 14.0. The maximum atomic E-state index is 11.0. The molecule has 1 aliphatic rings. The first-order valence-electron chi connectivity index (χ1n) is 6.68. The summed E-state index contributed by atoms with van der Waals surface area (Å²) in [4.78, 5) is 2.63. The van der Waals surface area contributed by atoms with Gasteiger partial charge < -0.3 is 9.84 Å². The molecule has 18 heavy (non-hydrogen) atoms. The highest BCUT2D eigenvalue weighted by molar-refractivity contribution is 7.12. The van der Waals surface area contributed by atoms with Crippen LogP contribution in [0.25, 0.3) is 0 Å². The standard InChI is InChI=1S/C15H24O2S/c1-6-11-7-8-12(18-11)9-15(16)10-13(2,3)17-14(15,4)5/h7-8,16H,6,9-10H2,1-5H3. The molecule has 0 bridgehead atoms. The van der Waals surface area contributed by atoms with Crippen LogP contribution in [0.15, 0.2) is 12.1 Å². The molecule has 1 aromatic rings. The van der Waals surface area contributed by atoms with Gasteiger partial charge in [-0.05, 0) is 46.2 Å². The van der Waals surface area contributed by atoms with E-state index < -0.39 is 11.2 Å². The molecule has 0 aromatic carbocycles. The van der Waals surface area contributed by atoms with Gasteiger partial charge in [0, 0.05) is 22.6 Å². The zero-order valence-corrected chi connectivity index (χ0v) is 12.9. The molecule has 3 heteroatoms. The summed E-state index contributed by atoms with van der Waals surface area (Å²) < 4.78 is 6.01. The molecule has 2 rings (SSSR count). The Kier molecular flexibility index (Phi) is 3.37. The quantitative estimate of drug-likeness (QED) is 0.908. The Morgan fingerprint density at radius 2 is 1.83 bits per heavy atom. The van der Waals surface area contributed by atoms with Gasteiger partial charge in [-0.2, -0.15) is 0 Å². The molecule has 1 fully saturated rings. The van der Waals surface area contributed by atoms with Crippen molar-refractivity contribution >= 4 is 11.3 Å². The van der Waals surface area contributed by atoms with Gasteiger partial charge >= 0.3 is 0 Å². The number of aliphatic hydroxyl groups is 1. The summed E-state index contributed by atoms with van der Waals surface area (Å²) in [6, 6.07) is 4.31. The number of hydrogen-bond donors (Lipinski definition) is 1. The fraction of sp³-hybridized carbons (Fsp3) is 0.733. The first-order chi connectivity index (χ1) is 8.17. The van der Waals surface area contributed by atoms with Gasteiger partial charge in [-0.15, -0.1) is 11.3 Å². The van der Waals surface area contributed by atoms with Crippen molar-refractivity contribution in [2.24, 2.45) is 0 Å². The number of aryl methyl sites for hydroxylation is 1. The fourth-order valence-corrected chi connectivity index (χ4v) is 4.07. The molecule has 0 amide bonds. The summed E-state index contributed by atoms with van der Waals surface area (Å²) in [7, 11) is 0. The minimum Gasteiger partial charge on any atom is -0.386 e. The third-order valence-electron chi connectivity index (χ3n) is 3.90. The Bertz CT molecular complexity index is 433. The van der Waals surface area contributed by atoms with Crippen LogP contribution >= 0.6 is 11.3 Å². The Morgan fingerprint density at radius 3 is 2.28 bits per heavy atom. The predicted octanol–water partition coefficient (Wildman–Crippen LogP) is 3.56. The Morgan fingerprint density at radius 1 is 1.22 bits per heavy atom. The molecule has 1 unspecified atom stereocenters. The molecule has 1 saturated heterocycles. The average Bonchev–Trinajstić information content (AvgIpc) is 2.67. The van der Waals surface area contributed by atoms with Crippen LogP contribution in [0.5, 0.6) is 0 Å². The smallest absolute Gasteiger partial charge is 0.101 e. The van der Waals surface area contributed by atoms with Gasteiger partial charge in [0.15, 0.2) is 0 Å². The van der Waals surface area contributed by atoms with Crippen LogP contribution in [0.3, 0.4) is 0 Å². The second-order valence-corrected chi connectivity index (χ2v) is 7.73. The topological polar surface area (TPSA) is 29.5 Å². The van der Waals surface area contributed by atoms with Gasteiger partial charge in [0.1, 0.15) is 5.60 Å². The van der Waals surface area contributed by atoms with Crippen molar-refractivity contribution in [3.63, 3.8) is 0 Å². The monoisotopic (exact) mass is 268 g/mol. The molecule has 0 saturated carbocycles. The molecule has 1 N–H and O–H groups in total. The first-order valence-corrected chi connectivity index (χ1v) is 7.49. The molecular weight excluding hydrogens is 244 g/mol. The highest BCUT2D eigenvalue weighted by Crippen LogP contribution is 2.47. The lowest BCUT2D eigenvalue weighted by atomic mass is 9.79. The van der Waals surface area contributed by atoms with Crippen LogP contribution < -0.4 is 0 Å². The van der Waals surface area contributed by atoms with Crippen molar-refractivity contribution in [2.45, 2.75) is 70.7 Å². The highest BCUT2D eigenvalue weighted by Gasteiger charge is 2.56. The van der Waals surface area contributed by atoms with Gasteiger partial charge in [0.2, 0.25) is 0 Å². The Hall–Kier alpha value is -0.380. The summed E-state index contributed by atoms with van der Waals surface area (Å²) in [5.74, 6) is 0. The van der Waals surface area contributed by atoms with Crippen LogP contribution in [-0.2, 0) is 17.6 Å². The number of thiophene rings is 1. The van der Waals surface area contributed by atoms with E-state index >= 15 is 0 Å². The third kappa shape index (κ3) is 2.49. The van der Waals surface area contributed by atoms with Crippen LogP contribution in [0, 0.1) is 0 Å². The molecule has 2 heterocycles. The van der Waals surface area contributed by atoms with Crippen molar-refractivity contribution in [2.75, 3.05) is 0 Å². The minimum absolute atomic E-state index is 0.247. The van der Waals surface area contributed by atoms with Gasteiger partial charge in [0.05, 0.1) is 11.2 Å².